The second-order valence-electron chi connectivity index (χ2n) is 6.20. The monoisotopic (exact) mass is 274 g/mol. The minimum atomic E-state index is -2.42. The summed E-state index contributed by atoms with van der Waals surface area (Å²) in [5, 5.41) is 18.2. The highest BCUT2D eigenvalue weighted by molar-refractivity contribution is 6.16. The van der Waals surface area contributed by atoms with Crippen LogP contribution in [0.5, 0.6) is 0 Å². The topological polar surface area (TPSA) is 40.5 Å². The summed E-state index contributed by atoms with van der Waals surface area (Å²) >= 11 is 0. The standard InChI is InChI=1S/C8H11BF2.C6H14O2/c9-6-3-7-1-4-8(10,11)5-2-7;1-5(2,7)6(3,4)8/h3,6-7H,1-2,4-5H2;7-8H,1-4H3/b6-3+;. The second kappa shape index (κ2) is 6.84. The van der Waals surface area contributed by atoms with Gasteiger partial charge in [-0.05, 0) is 46.5 Å². The third kappa shape index (κ3) is 7.68. The number of hydrogen-bond donors (Lipinski definition) is 2. The van der Waals surface area contributed by atoms with Crippen LogP contribution in [0, 0.1) is 5.92 Å². The summed E-state index contributed by atoms with van der Waals surface area (Å²) in [6.45, 7) is 6.31. The molecule has 1 saturated carbocycles. The van der Waals surface area contributed by atoms with E-state index in [1.165, 1.54) is 5.98 Å². The molecule has 2 radical (unpaired) electrons. The van der Waals surface area contributed by atoms with Crippen molar-refractivity contribution in [3.8, 4) is 0 Å². The van der Waals surface area contributed by atoms with Gasteiger partial charge in [-0.2, -0.15) is 0 Å². The van der Waals surface area contributed by atoms with Gasteiger partial charge in [0.25, 0.3) is 0 Å². The zero-order valence-electron chi connectivity index (χ0n) is 12.3. The first-order valence-corrected chi connectivity index (χ1v) is 6.60. The molecule has 0 unspecified atom stereocenters. The molecule has 1 rings (SSSR count). The molecule has 19 heavy (non-hydrogen) atoms. The van der Waals surface area contributed by atoms with E-state index >= 15 is 0 Å². The van der Waals surface area contributed by atoms with Crippen LogP contribution in [0.1, 0.15) is 53.4 Å². The highest BCUT2D eigenvalue weighted by atomic mass is 19.3. The maximum atomic E-state index is 12.6. The number of halogens is 2. The highest BCUT2D eigenvalue weighted by Gasteiger charge is 2.33. The van der Waals surface area contributed by atoms with Gasteiger partial charge in [-0.1, -0.05) is 6.08 Å². The van der Waals surface area contributed by atoms with Gasteiger partial charge < -0.3 is 10.2 Å². The fourth-order valence-corrected chi connectivity index (χ4v) is 1.41. The molecule has 1 fully saturated rings. The van der Waals surface area contributed by atoms with E-state index in [0.29, 0.717) is 12.8 Å². The molecule has 0 spiro atoms. The molecule has 1 aliphatic carbocycles. The number of hydrogen-bond acceptors (Lipinski definition) is 2. The molecule has 0 aromatic heterocycles. The molecule has 2 N–H and O–H groups in total. The van der Waals surface area contributed by atoms with Crippen molar-refractivity contribution in [2.75, 3.05) is 0 Å². The van der Waals surface area contributed by atoms with Crippen LogP contribution in [0.3, 0.4) is 0 Å². The molecule has 0 amide bonds. The summed E-state index contributed by atoms with van der Waals surface area (Å²) in [6, 6.07) is 0. The Labute approximate surface area is 116 Å². The number of alkyl halides is 2. The summed E-state index contributed by atoms with van der Waals surface area (Å²) in [7, 11) is 5.16. The molecule has 0 heterocycles. The van der Waals surface area contributed by atoms with Crippen LogP contribution in [0.15, 0.2) is 12.1 Å². The van der Waals surface area contributed by atoms with Crippen LogP contribution in [0.25, 0.3) is 0 Å². The minimum absolute atomic E-state index is 0.0159. The Morgan fingerprint density at radius 3 is 1.68 bits per heavy atom. The van der Waals surface area contributed by atoms with E-state index in [1.54, 1.807) is 27.7 Å². The molecule has 110 valence electrons. The summed E-state index contributed by atoms with van der Waals surface area (Å²) in [6.07, 6.45) is 2.99. The lowest BCUT2D eigenvalue weighted by molar-refractivity contribution is -0.107. The zero-order valence-corrected chi connectivity index (χ0v) is 12.3. The van der Waals surface area contributed by atoms with Crippen LogP contribution in [-0.2, 0) is 0 Å². The average molecular weight is 274 g/mol. The molecular weight excluding hydrogens is 249 g/mol. The van der Waals surface area contributed by atoms with Crippen LogP contribution in [0.2, 0.25) is 0 Å². The third-order valence-electron chi connectivity index (χ3n) is 3.64. The SMILES string of the molecule is CC(C)(O)C(C)(C)O.[B]/C=C/C1CCC(F)(F)CC1. The van der Waals surface area contributed by atoms with E-state index in [9.17, 15) is 8.78 Å². The summed E-state index contributed by atoms with van der Waals surface area (Å²) in [4.78, 5) is 0. The average Bonchev–Trinajstić information content (AvgIpc) is 2.19. The van der Waals surface area contributed by atoms with Gasteiger partial charge in [0, 0.05) is 12.8 Å². The summed E-state index contributed by atoms with van der Waals surface area (Å²) < 4.78 is 25.1. The van der Waals surface area contributed by atoms with Crippen molar-refractivity contribution >= 4 is 7.85 Å². The predicted octanol–water partition coefficient (Wildman–Crippen LogP) is 3.02. The lowest BCUT2D eigenvalue weighted by Crippen LogP contribution is -2.44. The first kappa shape index (κ1) is 18.6. The molecule has 0 aromatic rings. The Bertz CT molecular complexity index is 269. The quantitative estimate of drug-likeness (QED) is 0.760. The molecule has 2 nitrogen and oxygen atoms in total. The van der Waals surface area contributed by atoms with Gasteiger partial charge in [0.1, 0.15) is 7.85 Å². The van der Waals surface area contributed by atoms with E-state index in [4.69, 9.17) is 18.1 Å². The van der Waals surface area contributed by atoms with Crippen LogP contribution >= 0.6 is 0 Å². The van der Waals surface area contributed by atoms with Crippen molar-refractivity contribution in [1.82, 2.24) is 0 Å². The Morgan fingerprint density at radius 1 is 1.05 bits per heavy atom. The normalized spacial score (nSPS) is 21.1. The van der Waals surface area contributed by atoms with Gasteiger partial charge in [-0.3, -0.25) is 0 Å². The Kier molecular flexibility index (Phi) is 6.69. The van der Waals surface area contributed by atoms with E-state index < -0.39 is 17.1 Å². The molecule has 0 saturated heterocycles. The van der Waals surface area contributed by atoms with Crippen molar-refractivity contribution in [2.45, 2.75) is 70.5 Å². The largest absolute Gasteiger partial charge is 0.387 e. The van der Waals surface area contributed by atoms with Gasteiger partial charge >= 0.3 is 0 Å². The van der Waals surface area contributed by atoms with Crippen molar-refractivity contribution < 1.29 is 19.0 Å². The van der Waals surface area contributed by atoms with Crippen molar-refractivity contribution in [3.05, 3.63) is 12.1 Å². The van der Waals surface area contributed by atoms with Gasteiger partial charge in [0.2, 0.25) is 5.92 Å². The fourth-order valence-electron chi connectivity index (χ4n) is 1.41. The van der Waals surface area contributed by atoms with Gasteiger partial charge in [0.15, 0.2) is 0 Å². The zero-order chi connectivity index (χ0) is 15.3. The van der Waals surface area contributed by atoms with Gasteiger partial charge in [-0.15, -0.1) is 5.98 Å². The molecule has 5 heteroatoms. The number of rotatable bonds is 2. The minimum Gasteiger partial charge on any atom is -0.387 e. The molecule has 1 aliphatic rings. The number of aliphatic hydroxyl groups is 2. The van der Waals surface area contributed by atoms with Crippen molar-refractivity contribution in [3.63, 3.8) is 0 Å². The van der Waals surface area contributed by atoms with Crippen molar-refractivity contribution in [1.29, 1.82) is 0 Å². The Balaban J connectivity index is 0.000000362. The van der Waals surface area contributed by atoms with Gasteiger partial charge in [-0.25, -0.2) is 8.78 Å². The van der Waals surface area contributed by atoms with E-state index in [0.717, 1.165) is 0 Å². The second-order valence-corrected chi connectivity index (χ2v) is 6.20. The summed E-state index contributed by atoms with van der Waals surface area (Å²) in [5.41, 5.74) is -2.01. The van der Waals surface area contributed by atoms with Crippen LogP contribution in [0.4, 0.5) is 8.78 Å². The maximum Gasteiger partial charge on any atom is 0.248 e. The molecule has 0 atom stereocenters. The fraction of sp³-hybridized carbons (Fsp3) is 0.857. The lowest BCUT2D eigenvalue weighted by Gasteiger charge is -2.31. The van der Waals surface area contributed by atoms with Gasteiger partial charge in [0.05, 0.1) is 11.2 Å². The lowest BCUT2D eigenvalue weighted by atomic mass is 9.85. The molecule has 0 bridgehead atoms. The summed E-state index contributed by atoms with van der Waals surface area (Å²) in [5.74, 6) is -0.688. The third-order valence-corrected chi connectivity index (χ3v) is 3.64. The van der Waals surface area contributed by atoms with Crippen LogP contribution < -0.4 is 0 Å². The number of allylic oxidation sites excluding steroid dienone is 1. The Hall–Kier alpha value is -0.415. The van der Waals surface area contributed by atoms with E-state index in [2.05, 4.69) is 0 Å². The molecular formula is C14H25BF2O2. The molecule has 0 aromatic carbocycles. The van der Waals surface area contributed by atoms with E-state index in [1.807, 2.05) is 6.08 Å². The van der Waals surface area contributed by atoms with Crippen LogP contribution in [-0.4, -0.2) is 35.2 Å². The maximum absolute atomic E-state index is 12.6. The van der Waals surface area contributed by atoms with E-state index in [-0.39, 0.29) is 18.8 Å². The highest BCUT2D eigenvalue weighted by Crippen LogP contribution is 2.36. The first-order valence-electron chi connectivity index (χ1n) is 6.60. The molecule has 0 aliphatic heterocycles. The smallest absolute Gasteiger partial charge is 0.248 e. The predicted molar refractivity (Wildman–Crippen MR) is 74.4 cm³/mol. The van der Waals surface area contributed by atoms with Crippen molar-refractivity contribution in [2.24, 2.45) is 5.92 Å². The Morgan fingerprint density at radius 2 is 1.42 bits per heavy atom. The first-order chi connectivity index (χ1) is 8.39.